The molecule has 0 aliphatic heterocycles. The van der Waals surface area contributed by atoms with Crippen LogP contribution in [0.25, 0.3) is 0 Å². The van der Waals surface area contributed by atoms with E-state index < -0.39 is 0 Å². The fourth-order valence-electron chi connectivity index (χ4n) is 2.29. The van der Waals surface area contributed by atoms with Crippen molar-refractivity contribution in [3.63, 3.8) is 0 Å². The van der Waals surface area contributed by atoms with Gasteiger partial charge >= 0.3 is 0 Å². The van der Waals surface area contributed by atoms with E-state index in [1.165, 1.54) is 0 Å². The average Bonchev–Trinajstić information content (AvgIpc) is 2.66. The van der Waals surface area contributed by atoms with E-state index in [0.29, 0.717) is 23.6 Å². The van der Waals surface area contributed by atoms with Gasteiger partial charge < -0.3 is 15.2 Å². The molecule has 2 aromatic carbocycles. The molecular weight excluding hydrogens is 346 g/mol. The van der Waals surface area contributed by atoms with Crippen molar-refractivity contribution in [3.05, 3.63) is 54.1 Å². The van der Waals surface area contributed by atoms with Crippen molar-refractivity contribution in [2.75, 3.05) is 11.9 Å². The number of hydrazone groups is 1. The summed E-state index contributed by atoms with van der Waals surface area (Å²) in [6, 6.07) is 13.7. The van der Waals surface area contributed by atoms with Crippen LogP contribution in [-0.2, 0) is 9.59 Å². The molecule has 7 nitrogen and oxygen atoms in total. The maximum atomic E-state index is 11.9. The molecule has 0 radical (unpaired) electrons. The number of phenols is 1. The van der Waals surface area contributed by atoms with E-state index in [-0.39, 0.29) is 30.4 Å². The zero-order chi connectivity index (χ0) is 19.6. The second-order valence-electron chi connectivity index (χ2n) is 5.75. The van der Waals surface area contributed by atoms with Gasteiger partial charge in [0.25, 0.3) is 0 Å². The molecule has 0 aliphatic carbocycles. The van der Waals surface area contributed by atoms with E-state index in [4.69, 9.17) is 4.74 Å². The lowest BCUT2D eigenvalue weighted by molar-refractivity contribution is -0.124. The molecule has 27 heavy (non-hydrogen) atoms. The molecule has 0 unspecified atom stereocenters. The van der Waals surface area contributed by atoms with Crippen molar-refractivity contribution in [1.82, 2.24) is 5.43 Å². The van der Waals surface area contributed by atoms with Crippen LogP contribution in [0.3, 0.4) is 0 Å². The number of hydrogen-bond donors (Lipinski definition) is 3. The van der Waals surface area contributed by atoms with Gasteiger partial charge in [0.05, 0.1) is 12.3 Å². The molecule has 2 rings (SSSR count). The monoisotopic (exact) mass is 369 g/mol. The van der Waals surface area contributed by atoms with Crippen LogP contribution in [0, 0.1) is 0 Å². The zero-order valence-electron chi connectivity index (χ0n) is 15.4. The molecular formula is C20H23N3O4. The summed E-state index contributed by atoms with van der Waals surface area (Å²) < 4.78 is 5.34. The molecule has 7 heteroatoms. The molecule has 0 aliphatic rings. The van der Waals surface area contributed by atoms with E-state index in [1.54, 1.807) is 55.5 Å². The predicted molar refractivity (Wildman–Crippen MR) is 104 cm³/mol. The molecule has 0 saturated heterocycles. The molecule has 2 amide bonds. The third-order valence-electron chi connectivity index (χ3n) is 3.67. The fourth-order valence-corrected chi connectivity index (χ4v) is 2.29. The number of aromatic hydroxyl groups is 1. The quantitative estimate of drug-likeness (QED) is 0.492. The highest BCUT2D eigenvalue weighted by molar-refractivity contribution is 6.01. The molecule has 0 bridgehead atoms. The summed E-state index contributed by atoms with van der Waals surface area (Å²) in [5, 5.41) is 16.4. The normalized spacial score (nSPS) is 11.0. The SMILES string of the molecule is CCOc1ccc(NC(=O)CCC(=O)N/N=C(\C)c2ccccc2O)cc1. The van der Waals surface area contributed by atoms with Crippen LogP contribution in [0.4, 0.5) is 5.69 Å². The average molecular weight is 369 g/mol. The Morgan fingerprint density at radius 2 is 1.70 bits per heavy atom. The Morgan fingerprint density at radius 1 is 1.04 bits per heavy atom. The van der Waals surface area contributed by atoms with Gasteiger partial charge in [0.15, 0.2) is 0 Å². The maximum absolute atomic E-state index is 11.9. The number of anilines is 1. The number of carbonyl (C=O) groups excluding carboxylic acids is 2. The number of phenolic OH excluding ortho intramolecular Hbond substituents is 1. The molecule has 142 valence electrons. The van der Waals surface area contributed by atoms with Crippen LogP contribution in [-0.4, -0.2) is 29.2 Å². The maximum Gasteiger partial charge on any atom is 0.240 e. The number of hydrogen-bond acceptors (Lipinski definition) is 5. The van der Waals surface area contributed by atoms with Gasteiger partial charge in [-0.2, -0.15) is 5.10 Å². The van der Waals surface area contributed by atoms with Crippen LogP contribution in [0.2, 0.25) is 0 Å². The molecule has 0 heterocycles. The topological polar surface area (TPSA) is 100 Å². The number of carbonyl (C=O) groups is 2. The van der Waals surface area contributed by atoms with Gasteiger partial charge in [-0.25, -0.2) is 5.43 Å². The molecule has 3 N–H and O–H groups in total. The van der Waals surface area contributed by atoms with Gasteiger partial charge in [-0.3, -0.25) is 9.59 Å². The van der Waals surface area contributed by atoms with E-state index in [9.17, 15) is 14.7 Å². The number of amides is 2. The Labute approximate surface area is 158 Å². The molecule has 0 fully saturated rings. The second kappa shape index (κ2) is 9.96. The van der Waals surface area contributed by atoms with Crippen LogP contribution in [0.15, 0.2) is 53.6 Å². The first-order chi connectivity index (χ1) is 13.0. The summed E-state index contributed by atoms with van der Waals surface area (Å²) in [7, 11) is 0. The lowest BCUT2D eigenvalue weighted by Crippen LogP contribution is -2.21. The Bertz CT molecular complexity index is 816. The van der Waals surface area contributed by atoms with E-state index in [0.717, 1.165) is 5.75 Å². The van der Waals surface area contributed by atoms with Gasteiger partial charge in [0.2, 0.25) is 11.8 Å². The molecule has 0 spiro atoms. The molecule has 0 aromatic heterocycles. The minimum absolute atomic E-state index is 0.000411. The Kier molecular flexibility index (Phi) is 7.37. The largest absolute Gasteiger partial charge is 0.507 e. The van der Waals surface area contributed by atoms with Crippen LogP contribution in [0.1, 0.15) is 32.3 Å². The summed E-state index contributed by atoms with van der Waals surface area (Å²) in [5.74, 6) is 0.164. The fraction of sp³-hybridized carbons (Fsp3) is 0.250. The van der Waals surface area contributed by atoms with Gasteiger partial charge in [-0.15, -0.1) is 0 Å². The predicted octanol–water partition coefficient (Wildman–Crippen LogP) is 3.05. The van der Waals surface area contributed by atoms with Gasteiger partial charge in [-0.1, -0.05) is 12.1 Å². The molecule has 0 saturated carbocycles. The van der Waals surface area contributed by atoms with Crippen molar-refractivity contribution in [2.45, 2.75) is 26.7 Å². The van der Waals surface area contributed by atoms with Crippen LogP contribution in [0.5, 0.6) is 11.5 Å². The number of benzene rings is 2. The summed E-state index contributed by atoms with van der Waals surface area (Å²) in [6.45, 7) is 4.15. The summed E-state index contributed by atoms with van der Waals surface area (Å²) in [6.07, 6.45) is 0.0324. The third kappa shape index (κ3) is 6.47. The number of nitrogens with zero attached hydrogens (tertiary/aromatic N) is 1. The van der Waals surface area contributed by atoms with Crippen LogP contribution < -0.4 is 15.5 Å². The smallest absolute Gasteiger partial charge is 0.240 e. The Hall–Kier alpha value is -3.35. The van der Waals surface area contributed by atoms with Gasteiger partial charge in [0, 0.05) is 24.1 Å². The van der Waals surface area contributed by atoms with E-state index in [2.05, 4.69) is 15.8 Å². The van der Waals surface area contributed by atoms with Gasteiger partial charge in [0.1, 0.15) is 11.5 Å². The molecule has 2 aromatic rings. The van der Waals surface area contributed by atoms with Crippen molar-refractivity contribution in [2.24, 2.45) is 5.10 Å². The van der Waals surface area contributed by atoms with Crippen molar-refractivity contribution < 1.29 is 19.4 Å². The molecule has 0 atom stereocenters. The lowest BCUT2D eigenvalue weighted by Gasteiger charge is -2.07. The number of para-hydroxylation sites is 1. The third-order valence-corrected chi connectivity index (χ3v) is 3.67. The summed E-state index contributed by atoms with van der Waals surface area (Å²) in [4.78, 5) is 23.8. The minimum Gasteiger partial charge on any atom is -0.507 e. The number of nitrogens with one attached hydrogen (secondary N) is 2. The zero-order valence-corrected chi connectivity index (χ0v) is 15.4. The lowest BCUT2D eigenvalue weighted by atomic mass is 10.1. The highest BCUT2D eigenvalue weighted by atomic mass is 16.5. The van der Waals surface area contributed by atoms with Crippen molar-refractivity contribution >= 4 is 23.2 Å². The summed E-state index contributed by atoms with van der Waals surface area (Å²) in [5.41, 5.74) is 4.03. The van der Waals surface area contributed by atoms with Crippen molar-refractivity contribution in [3.8, 4) is 11.5 Å². The van der Waals surface area contributed by atoms with Crippen molar-refractivity contribution in [1.29, 1.82) is 0 Å². The minimum atomic E-state index is -0.383. The summed E-state index contributed by atoms with van der Waals surface area (Å²) >= 11 is 0. The van der Waals surface area contributed by atoms with Gasteiger partial charge in [-0.05, 0) is 50.2 Å². The van der Waals surface area contributed by atoms with E-state index >= 15 is 0 Å². The standard InChI is InChI=1S/C20H23N3O4/c1-3-27-16-10-8-15(9-11-16)21-19(25)12-13-20(26)23-22-14(2)17-6-4-5-7-18(17)24/h4-11,24H,3,12-13H2,1-2H3,(H,21,25)(H,23,26)/b22-14+. The Morgan fingerprint density at radius 3 is 2.37 bits per heavy atom. The second-order valence-corrected chi connectivity index (χ2v) is 5.75. The Balaban J connectivity index is 1.78. The number of ether oxygens (including phenoxy) is 1. The first kappa shape index (κ1) is 20.0. The first-order valence-electron chi connectivity index (χ1n) is 8.63. The van der Waals surface area contributed by atoms with E-state index in [1.807, 2.05) is 6.92 Å². The number of rotatable bonds is 8. The van der Waals surface area contributed by atoms with Crippen LogP contribution >= 0.6 is 0 Å². The highest BCUT2D eigenvalue weighted by Crippen LogP contribution is 2.17. The highest BCUT2D eigenvalue weighted by Gasteiger charge is 2.08. The first-order valence-corrected chi connectivity index (χ1v) is 8.63.